The minimum atomic E-state index is -0.759. The Hall–Kier alpha value is -3.23. The number of hydrogen-bond donors (Lipinski definition) is 2. The smallest absolute Gasteiger partial charge is 0.229 e. The summed E-state index contributed by atoms with van der Waals surface area (Å²) in [5, 5.41) is 0. The SMILES string of the molecule is NC(=O)C1(c2nccnc2-c2ccc(N3CCC[C@@H](C(=O)N4CCCC4)C3)nc2N)CC1. The van der Waals surface area contributed by atoms with Crippen LogP contribution in [0.4, 0.5) is 11.6 Å². The third kappa shape index (κ3) is 3.55. The Morgan fingerprint density at radius 1 is 1.03 bits per heavy atom. The summed E-state index contributed by atoms with van der Waals surface area (Å²) >= 11 is 0. The molecule has 0 radical (unpaired) electrons. The van der Waals surface area contributed by atoms with Gasteiger partial charge in [-0.05, 0) is 50.7 Å². The fraction of sp³-hybridized carbons (Fsp3) is 0.522. The highest BCUT2D eigenvalue weighted by molar-refractivity contribution is 5.92. The van der Waals surface area contributed by atoms with Gasteiger partial charge in [-0.15, -0.1) is 0 Å². The predicted molar refractivity (Wildman–Crippen MR) is 121 cm³/mol. The molecule has 9 heteroatoms. The number of nitrogens with zero attached hydrogens (tertiary/aromatic N) is 5. The van der Waals surface area contributed by atoms with Crippen LogP contribution in [-0.4, -0.2) is 57.8 Å². The fourth-order valence-corrected chi connectivity index (χ4v) is 5.03. The summed E-state index contributed by atoms with van der Waals surface area (Å²) < 4.78 is 0. The molecule has 1 aliphatic carbocycles. The third-order valence-electron chi connectivity index (χ3n) is 7.05. The summed E-state index contributed by atoms with van der Waals surface area (Å²) in [6, 6.07) is 3.80. The number of carbonyl (C=O) groups is 2. The van der Waals surface area contributed by atoms with Crippen LogP contribution >= 0.6 is 0 Å². The normalized spacial score (nSPS) is 22.1. The number of rotatable bonds is 5. The minimum absolute atomic E-state index is 0.00133. The van der Waals surface area contributed by atoms with Gasteiger partial charge in [0, 0.05) is 44.1 Å². The molecule has 2 aliphatic heterocycles. The van der Waals surface area contributed by atoms with E-state index in [1.165, 1.54) is 0 Å². The van der Waals surface area contributed by atoms with Crippen LogP contribution in [0.15, 0.2) is 24.5 Å². The van der Waals surface area contributed by atoms with Crippen molar-refractivity contribution in [1.29, 1.82) is 0 Å². The number of nitrogens with two attached hydrogens (primary N) is 2. The summed E-state index contributed by atoms with van der Waals surface area (Å²) in [7, 11) is 0. The first-order valence-corrected chi connectivity index (χ1v) is 11.4. The molecule has 168 valence electrons. The second-order valence-corrected chi connectivity index (χ2v) is 9.12. The number of likely N-dealkylation sites (tertiary alicyclic amines) is 1. The van der Waals surface area contributed by atoms with E-state index in [-0.39, 0.29) is 17.7 Å². The van der Waals surface area contributed by atoms with Gasteiger partial charge in [0.25, 0.3) is 0 Å². The van der Waals surface area contributed by atoms with Gasteiger partial charge < -0.3 is 21.3 Å². The van der Waals surface area contributed by atoms with Crippen molar-refractivity contribution in [3.8, 4) is 11.3 Å². The molecule has 1 atom stereocenters. The van der Waals surface area contributed by atoms with Gasteiger partial charge in [0.05, 0.1) is 22.7 Å². The van der Waals surface area contributed by atoms with Gasteiger partial charge in [-0.1, -0.05) is 0 Å². The van der Waals surface area contributed by atoms with Crippen LogP contribution in [0.5, 0.6) is 0 Å². The summed E-state index contributed by atoms with van der Waals surface area (Å²) in [5.74, 6) is 0.970. The molecule has 0 unspecified atom stereocenters. The van der Waals surface area contributed by atoms with Crippen molar-refractivity contribution in [3.05, 3.63) is 30.2 Å². The van der Waals surface area contributed by atoms with Crippen LogP contribution in [0, 0.1) is 5.92 Å². The van der Waals surface area contributed by atoms with Crippen molar-refractivity contribution >= 4 is 23.5 Å². The molecular formula is C23H29N7O2. The number of carbonyl (C=O) groups excluding carboxylic acids is 2. The molecule has 0 bridgehead atoms. The summed E-state index contributed by atoms with van der Waals surface area (Å²) in [4.78, 5) is 42.6. The van der Waals surface area contributed by atoms with Crippen molar-refractivity contribution in [2.75, 3.05) is 36.8 Å². The Morgan fingerprint density at radius 3 is 2.47 bits per heavy atom. The van der Waals surface area contributed by atoms with Crippen molar-refractivity contribution in [1.82, 2.24) is 19.9 Å². The van der Waals surface area contributed by atoms with Gasteiger partial charge in [-0.25, -0.2) is 4.98 Å². The van der Waals surface area contributed by atoms with E-state index in [0.717, 1.165) is 51.1 Å². The first-order valence-electron chi connectivity index (χ1n) is 11.4. The highest BCUT2D eigenvalue weighted by Crippen LogP contribution is 2.50. The number of nitrogen functional groups attached to an aromatic ring is 1. The van der Waals surface area contributed by atoms with Crippen molar-refractivity contribution < 1.29 is 9.59 Å². The van der Waals surface area contributed by atoms with Gasteiger partial charge in [0.2, 0.25) is 11.8 Å². The van der Waals surface area contributed by atoms with Gasteiger partial charge in [0.1, 0.15) is 11.6 Å². The molecule has 2 amide bonds. The van der Waals surface area contributed by atoms with E-state index in [2.05, 4.69) is 19.9 Å². The number of aromatic nitrogens is 3. The molecule has 3 aliphatic rings. The molecule has 3 fully saturated rings. The van der Waals surface area contributed by atoms with Crippen molar-refractivity contribution in [2.45, 2.75) is 43.9 Å². The topological polar surface area (TPSA) is 131 Å². The monoisotopic (exact) mass is 435 g/mol. The molecule has 0 spiro atoms. The Labute approximate surface area is 187 Å². The highest BCUT2D eigenvalue weighted by atomic mass is 16.2. The molecule has 2 aromatic heterocycles. The average molecular weight is 436 g/mol. The number of anilines is 2. The molecule has 4 heterocycles. The molecule has 2 aromatic rings. The average Bonchev–Trinajstić information content (AvgIpc) is 3.45. The first kappa shape index (κ1) is 20.7. The lowest BCUT2D eigenvalue weighted by molar-refractivity contribution is -0.134. The number of hydrogen-bond acceptors (Lipinski definition) is 7. The zero-order valence-corrected chi connectivity index (χ0v) is 18.2. The maximum atomic E-state index is 12.9. The van der Waals surface area contributed by atoms with Crippen LogP contribution < -0.4 is 16.4 Å². The highest BCUT2D eigenvalue weighted by Gasteiger charge is 2.53. The van der Waals surface area contributed by atoms with E-state index in [4.69, 9.17) is 11.5 Å². The summed E-state index contributed by atoms with van der Waals surface area (Å²) in [5.41, 5.74) is 13.0. The van der Waals surface area contributed by atoms with E-state index in [1.807, 2.05) is 17.0 Å². The van der Waals surface area contributed by atoms with E-state index < -0.39 is 5.41 Å². The number of piperidine rings is 1. The van der Waals surface area contributed by atoms with E-state index >= 15 is 0 Å². The van der Waals surface area contributed by atoms with Gasteiger partial charge in [0.15, 0.2) is 0 Å². The zero-order chi connectivity index (χ0) is 22.3. The van der Waals surface area contributed by atoms with Crippen molar-refractivity contribution in [2.24, 2.45) is 11.7 Å². The molecule has 4 N–H and O–H groups in total. The van der Waals surface area contributed by atoms with Crippen LogP contribution in [-0.2, 0) is 15.0 Å². The molecule has 32 heavy (non-hydrogen) atoms. The molecule has 9 nitrogen and oxygen atoms in total. The largest absolute Gasteiger partial charge is 0.383 e. The molecule has 1 saturated carbocycles. The summed E-state index contributed by atoms with van der Waals surface area (Å²) in [6.45, 7) is 3.25. The minimum Gasteiger partial charge on any atom is -0.383 e. The number of primary amides is 1. The Bertz CT molecular complexity index is 1050. The second-order valence-electron chi connectivity index (χ2n) is 9.12. The predicted octanol–water partition coefficient (Wildman–Crippen LogP) is 1.48. The lowest BCUT2D eigenvalue weighted by atomic mass is 9.95. The van der Waals surface area contributed by atoms with Gasteiger partial charge >= 0.3 is 0 Å². The number of pyridine rings is 1. The van der Waals surface area contributed by atoms with Crippen LogP contribution in [0.2, 0.25) is 0 Å². The van der Waals surface area contributed by atoms with Gasteiger partial charge in [-0.3, -0.25) is 19.6 Å². The maximum absolute atomic E-state index is 12.9. The van der Waals surface area contributed by atoms with Crippen LogP contribution in [0.25, 0.3) is 11.3 Å². The Morgan fingerprint density at radius 2 is 1.78 bits per heavy atom. The van der Waals surface area contributed by atoms with E-state index in [9.17, 15) is 9.59 Å². The third-order valence-corrected chi connectivity index (χ3v) is 7.05. The lowest BCUT2D eigenvalue weighted by Gasteiger charge is -2.34. The van der Waals surface area contributed by atoms with Crippen LogP contribution in [0.1, 0.15) is 44.2 Å². The van der Waals surface area contributed by atoms with Crippen LogP contribution in [0.3, 0.4) is 0 Å². The molecule has 5 rings (SSSR count). The quantitative estimate of drug-likeness (QED) is 0.727. The molecular weight excluding hydrogens is 406 g/mol. The lowest BCUT2D eigenvalue weighted by Crippen LogP contribution is -2.44. The fourth-order valence-electron chi connectivity index (χ4n) is 5.03. The Balaban J connectivity index is 1.39. The maximum Gasteiger partial charge on any atom is 0.229 e. The van der Waals surface area contributed by atoms with Crippen molar-refractivity contribution in [3.63, 3.8) is 0 Å². The molecule has 2 saturated heterocycles. The zero-order valence-electron chi connectivity index (χ0n) is 18.2. The Kier molecular flexibility index (Phi) is 5.19. The van der Waals surface area contributed by atoms with E-state index in [0.29, 0.717) is 42.2 Å². The van der Waals surface area contributed by atoms with Gasteiger partial charge in [-0.2, -0.15) is 0 Å². The second kappa shape index (κ2) is 8.03. The number of amides is 2. The van der Waals surface area contributed by atoms with E-state index in [1.54, 1.807) is 12.4 Å². The first-order chi connectivity index (χ1) is 15.5. The standard InChI is InChI=1S/C23H29N7O2/c24-20-16(18-19(27-10-9-26-18)23(7-8-23)22(25)32)5-6-17(28-20)30-13-3-4-15(14-30)21(31)29-11-1-2-12-29/h5-6,9-10,15H,1-4,7-8,11-14H2,(H2,24,28)(H2,25,32)/t15-/m1/s1. The summed E-state index contributed by atoms with van der Waals surface area (Å²) in [6.07, 6.45) is 8.56. The molecule has 0 aromatic carbocycles.